The minimum absolute atomic E-state index is 0. The van der Waals surface area contributed by atoms with Crippen molar-refractivity contribution < 1.29 is 4.74 Å². The van der Waals surface area contributed by atoms with Crippen molar-refractivity contribution in [2.45, 2.75) is 33.6 Å². The fourth-order valence-corrected chi connectivity index (χ4v) is 2.53. The number of rotatable bonds is 9. The molecule has 2 N–H and O–H groups in total. The van der Waals surface area contributed by atoms with Crippen LogP contribution in [0.25, 0.3) is 0 Å². The van der Waals surface area contributed by atoms with Crippen LogP contribution in [0.15, 0.2) is 4.99 Å². The third kappa shape index (κ3) is 9.52. The van der Waals surface area contributed by atoms with Gasteiger partial charge >= 0.3 is 0 Å². The molecular formula is C15H33IN4O. The van der Waals surface area contributed by atoms with Crippen LogP contribution in [0.5, 0.6) is 0 Å². The lowest BCUT2D eigenvalue weighted by Gasteiger charge is -2.15. The van der Waals surface area contributed by atoms with E-state index in [-0.39, 0.29) is 24.0 Å². The van der Waals surface area contributed by atoms with Crippen molar-refractivity contribution in [3.63, 3.8) is 0 Å². The number of guanidine groups is 1. The molecule has 1 fully saturated rings. The first-order chi connectivity index (χ1) is 9.80. The van der Waals surface area contributed by atoms with Gasteiger partial charge in [0.1, 0.15) is 0 Å². The first-order valence-corrected chi connectivity index (χ1v) is 8.12. The van der Waals surface area contributed by atoms with Gasteiger partial charge in [0.25, 0.3) is 0 Å². The Morgan fingerprint density at radius 3 is 2.76 bits per heavy atom. The minimum atomic E-state index is 0. The lowest BCUT2D eigenvalue weighted by Crippen LogP contribution is -2.39. The summed E-state index contributed by atoms with van der Waals surface area (Å²) in [7, 11) is 0. The second-order valence-corrected chi connectivity index (χ2v) is 5.30. The molecule has 5 nitrogen and oxygen atoms in total. The summed E-state index contributed by atoms with van der Waals surface area (Å²) in [5, 5.41) is 6.61. The second kappa shape index (κ2) is 13.6. The molecule has 0 saturated carbocycles. The molecule has 0 aromatic heterocycles. The first-order valence-electron chi connectivity index (χ1n) is 8.12. The van der Waals surface area contributed by atoms with Crippen LogP contribution in [-0.2, 0) is 4.74 Å². The molecule has 1 aliphatic rings. The summed E-state index contributed by atoms with van der Waals surface area (Å²) >= 11 is 0. The van der Waals surface area contributed by atoms with Gasteiger partial charge in [0.15, 0.2) is 5.96 Å². The molecule has 0 amide bonds. The van der Waals surface area contributed by atoms with Crippen LogP contribution in [0.3, 0.4) is 0 Å². The zero-order valence-electron chi connectivity index (χ0n) is 13.9. The van der Waals surface area contributed by atoms with Crippen LogP contribution >= 0.6 is 24.0 Å². The van der Waals surface area contributed by atoms with E-state index in [1.807, 2.05) is 6.92 Å². The zero-order valence-corrected chi connectivity index (χ0v) is 16.2. The Bertz CT molecular complexity index is 276. The maximum absolute atomic E-state index is 5.33. The summed E-state index contributed by atoms with van der Waals surface area (Å²) in [5.41, 5.74) is 0. The Morgan fingerprint density at radius 1 is 1.29 bits per heavy atom. The van der Waals surface area contributed by atoms with Crippen LogP contribution in [0.4, 0.5) is 0 Å². The summed E-state index contributed by atoms with van der Waals surface area (Å²) in [6, 6.07) is 0. The number of nitrogens with one attached hydrogen (secondary N) is 2. The Morgan fingerprint density at radius 2 is 2.10 bits per heavy atom. The molecule has 0 aromatic rings. The summed E-state index contributed by atoms with van der Waals surface area (Å²) in [5.74, 6) is 1.63. The molecule has 1 unspecified atom stereocenters. The molecule has 1 atom stereocenters. The first kappa shape index (κ1) is 20.9. The molecular weight excluding hydrogens is 379 g/mol. The average Bonchev–Trinajstić information content (AvgIpc) is 2.89. The smallest absolute Gasteiger partial charge is 0.191 e. The van der Waals surface area contributed by atoms with E-state index >= 15 is 0 Å². The molecule has 21 heavy (non-hydrogen) atoms. The normalized spacial score (nSPS) is 19.4. The highest BCUT2D eigenvalue weighted by Crippen LogP contribution is 2.16. The predicted octanol–water partition coefficient (Wildman–Crippen LogP) is 1.93. The van der Waals surface area contributed by atoms with E-state index in [0.29, 0.717) is 5.92 Å². The molecule has 6 heteroatoms. The molecule has 0 bridgehead atoms. The molecule has 0 aliphatic carbocycles. The van der Waals surface area contributed by atoms with Crippen LogP contribution in [0, 0.1) is 5.92 Å². The Kier molecular flexibility index (Phi) is 13.5. The van der Waals surface area contributed by atoms with Crippen molar-refractivity contribution in [2.24, 2.45) is 10.9 Å². The molecule has 1 heterocycles. The van der Waals surface area contributed by atoms with Crippen molar-refractivity contribution in [1.82, 2.24) is 15.5 Å². The highest BCUT2D eigenvalue weighted by molar-refractivity contribution is 14.0. The van der Waals surface area contributed by atoms with Crippen LogP contribution in [-0.4, -0.2) is 63.3 Å². The molecule has 126 valence electrons. The van der Waals surface area contributed by atoms with Gasteiger partial charge in [-0.1, -0.05) is 6.92 Å². The van der Waals surface area contributed by atoms with Crippen molar-refractivity contribution in [1.29, 1.82) is 0 Å². The zero-order chi connectivity index (χ0) is 14.6. The standard InChI is InChI=1S/C15H32N4O.HI/c1-4-9-19-10-7-14(13-19)12-18-15(16-5-2)17-8-11-20-6-3;/h14H,4-13H2,1-3H3,(H2,16,17,18);1H. The molecule has 1 aliphatic heterocycles. The van der Waals surface area contributed by atoms with E-state index in [4.69, 9.17) is 9.73 Å². The summed E-state index contributed by atoms with van der Waals surface area (Å²) in [6.45, 7) is 14.2. The fraction of sp³-hybridized carbons (Fsp3) is 0.933. The molecule has 0 aromatic carbocycles. The summed E-state index contributed by atoms with van der Waals surface area (Å²) in [4.78, 5) is 7.25. The highest BCUT2D eigenvalue weighted by Gasteiger charge is 2.21. The summed E-state index contributed by atoms with van der Waals surface area (Å²) < 4.78 is 5.33. The van der Waals surface area contributed by atoms with Gasteiger partial charge in [-0.3, -0.25) is 4.99 Å². The van der Waals surface area contributed by atoms with Crippen molar-refractivity contribution in [3.8, 4) is 0 Å². The average molecular weight is 412 g/mol. The van der Waals surface area contributed by atoms with Gasteiger partial charge in [-0.2, -0.15) is 0 Å². The maximum atomic E-state index is 5.33. The molecule has 0 spiro atoms. The monoisotopic (exact) mass is 412 g/mol. The van der Waals surface area contributed by atoms with Crippen molar-refractivity contribution >= 4 is 29.9 Å². The third-order valence-corrected chi connectivity index (χ3v) is 3.50. The molecule has 1 rings (SSSR count). The number of hydrogen-bond donors (Lipinski definition) is 2. The largest absolute Gasteiger partial charge is 0.380 e. The van der Waals surface area contributed by atoms with E-state index in [1.165, 1.54) is 32.5 Å². The van der Waals surface area contributed by atoms with E-state index in [2.05, 4.69) is 29.4 Å². The lowest BCUT2D eigenvalue weighted by molar-refractivity contribution is 0.152. The number of ether oxygens (including phenoxy) is 1. The van der Waals surface area contributed by atoms with Gasteiger partial charge in [0, 0.05) is 32.8 Å². The predicted molar refractivity (Wildman–Crippen MR) is 101 cm³/mol. The van der Waals surface area contributed by atoms with Gasteiger partial charge in [0.2, 0.25) is 0 Å². The quantitative estimate of drug-likeness (QED) is 0.263. The second-order valence-electron chi connectivity index (χ2n) is 5.30. The van der Waals surface area contributed by atoms with Gasteiger partial charge in [-0.05, 0) is 45.7 Å². The van der Waals surface area contributed by atoms with E-state index < -0.39 is 0 Å². The van der Waals surface area contributed by atoms with Crippen LogP contribution in [0.2, 0.25) is 0 Å². The van der Waals surface area contributed by atoms with Crippen LogP contribution in [0.1, 0.15) is 33.6 Å². The Hall–Kier alpha value is -0.0800. The van der Waals surface area contributed by atoms with Gasteiger partial charge in [0.05, 0.1) is 6.61 Å². The van der Waals surface area contributed by atoms with E-state index in [0.717, 1.165) is 38.8 Å². The SMILES string of the molecule is CCCN1CCC(CN=C(NCC)NCCOCC)C1.I. The number of likely N-dealkylation sites (tertiary alicyclic amines) is 1. The van der Waals surface area contributed by atoms with E-state index in [9.17, 15) is 0 Å². The van der Waals surface area contributed by atoms with Gasteiger partial charge < -0.3 is 20.3 Å². The van der Waals surface area contributed by atoms with Crippen LogP contribution < -0.4 is 10.6 Å². The van der Waals surface area contributed by atoms with Gasteiger partial charge in [-0.15, -0.1) is 24.0 Å². The number of aliphatic imine (C=N–C) groups is 1. The highest BCUT2D eigenvalue weighted by atomic mass is 127. The third-order valence-electron chi connectivity index (χ3n) is 3.50. The summed E-state index contributed by atoms with van der Waals surface area (Å²) in [6.07, 6.45) is 2.53. The number of halogens is 1. The fourth-order valence-electron chi connectivity index (χ4n) is 2.53. The number of hydrogen-bond acceptors (Lipinski definition) is 3. The topological polar surface area (TPSA) is 48.9 Å². The van der Waals surface area contributed by atoms with E-state index in [1.54, 1.807) is 0 Å². The Balaban J connectivity index is 0.00000400. The molecule has 0 radical (unpaired) electrons. The lowest BCUT2D eigenvalue weighted by atomic mass is 10.1. The van der Waals surface area contributed by atoms with Crippen molar-refractivity contribution in [2.75, 3.05) is 52.5 Å². The minimum Gasteiger partial charge on any atom is -0.380 e. The van der Waals surface area contributed by atoms with Gasteiger partial charge in [-0.25, -0.2) is 0 Å². The Labute approximate surface area is 147 Å². The number of nitrogens with zero attached hydrogens (tertiary/aromatic N) is 2. The molecule has 1 saturated heterocycles. The maximum Gasteiger partial charge on any atom is 0.191 e. The van der Waals surface area contributed by atoms with Crippen molar-refractivity contribution in [3.05, 3.63) is 0 Å².